The second-order valence-corrected chi connectivity index (χ2v) is 4.78. The highest BCUT2D eigenvalue weighted by Gasteiger charge is 2.29. The van der Waals surface area contributed by atoms with E-state index in [0.717, 1.165) is 12.8 Å². The predicted molar refractivity (Wildman–Crippen MR) is 69.0 cm³/mol. The molecule has 1 amide bonds. The van der Waals surface area contributed by atoms with Crippen molar-refractivity contribution in [3.8, 4) is 5.75 Å². The van der Waals surface area contributed by atoms with Crippen LogP contribution in [0.3, 0.4) is 0 Å². The average molecular weight is 274 g/mol. The van der Waals surface area contributed by atoms with E-state index in [2.05, 4.69) is 5.32 Å². The molecule has 1 aliphatic rings. The summed E-state index contributed by atoms with van der Waals surface area (Å²) in [7, 11) is 0. The molecule has 1 aromatic carbocycles. The maximum Gasteiger partial charge on any atom is 0.227 e. The van der Waals surface area contributed by atoms with Crippen molar-refractivity contribution in [2.24, 2.45) is 5.92 Å². The van der Waals surface area contributed by atoms with Crippen LogP contribution in [0.2, 0.25) is 10.0 Å². The molecule has 0 saturated heterocycles. The molecule has 1 saturated carbocycles. The van der Waals surface area contributed by atoms with Gasteiger partial charge in [-0.15, -0.1) is 0 Å². The monoisotopic (exact) mass is 273 g/mol. The molecule has 0 atom stereocenters. The molecule has 0 aliphatic heterocycles. The third kappa shape index (κ3) is 3.05. The minimum Gasteiger partial charge on any atom is -0.491 e. The molecule has 0 radical (unpaired) electrons. The third-order valence-electron chi connectivity index (χ3n) is 2.50. The molecule has 3 nitrogen and oxygen atoms in total. The van der Waals surface area contributed by atoms with Crippen molar-refractivity contribution < 1.29 is 9.53 Å². The molecule has 92 valence electrons. The highest BCUT2D eigenvalue weighted by Crippen LogP contribution is 2.37. The van der Waals surface area contributed by atoms with E-state index in [4.69, 9.17) is 27.9 Å². The summed E-state index contributed by atoms with van der Waals surface area (Å²) >= 11 is 12.1. The lowest BCUT2D eigenvalue weighted by atomic mass is 10.2. The van der Waals surface area contributed by atoms with Gasteiger partial charge in [0.15, 0.2) is 5.75 Å². The minimum absolute atomic E-state index is 0.0290. The molecular weight excluding hydrogens is 261 g/mol. The molecule has 17 heavy (non-hydrogen) atoms. The molecule has 1 fully saturated rings. The van der Waals surface area contributed by atoms with E-state index in [-0.39, 0.29) is 11.8 Å². The van der Waals surface area contributed by atoms with E-state index in [9.17, 15) is 4.79 Å². The predicted octanol–water partition coefficient (Wildman–Crippen LogP) is 3.74. The Morgan fingerprint density at radius 2 is 2.00 bits per heavy atom. The summed E-state index contributed by atoms with van der Waals surface area (Å²) < 4.78 is 5.31. The van der Waals surface area contributed by atoms with Crippen molar-refractivity contribution in [1.82, 2.24) is 0 Å². The van der Waals surface area contributed by atoms with Gasteiger partial charge in [-0.05, 0) is 31.9 Å². The summed E-state index contributed by atoms with van der Waals surface area (Å²) in [4.78, 5) is 11.6. The zero-order valence-corrected chi connectivity index (χ0v) is 10.9. The summed E-state index contributed by atoms with van der Waals surface area (Å²) in [5.41, 5.74) is 0.611. The fraction of sp³-hybridized carbons (Fsp3) is 0.417. The van der Waals surface area contributed by atoms with Gasteiger partial charge in [-0.25, -0.2) is 0 Å². The molecule has 0 spiro atoms. The van der Waals surface area contributed by atoms with Gasteiger partial charge in [-0.3, -0.25) is 4.79 Å². The molecule has 0 bridgehead atoms. The largest absolute Gasteiger partial charge is 0.491 e. The van der Waals surface area contributed by atoms with E-state index >= 15 is 0 Å². The fourth-order valence-electron chi connectivity index (χ4n) is 1.50. The normalized spacial score (nSPS) is 14.5. The van der Waals surface area contributed by atoms with Crippen LogP contribution in [0.4, 0.5) is 5.69 Å². The number of benzene rings is 1. The SMILES string of the molecule is CCOc1c(Cl)cc(NC(=O)C2CC2)cc1Cl. The van der Waals surface area contributed by atoms with Crippen molar-refractivity contribution in [1.29, 1.82) is 0 Å². The Kier molecular flexibility index (Phi) is 3.79. The van der Waals surface area contributed by atoms with Crippen LogP contribution in [-0.2, 0) is 4.79 Å². The van der Waals surface area contributed by atoms with Gasteiger partial charge in [-0.1, -0.05) is 23.2 Å². The van der Waals surface area contributed by atoms with Gasteiger partial charge in [0.2, 0.25) is 5.91 Å². The first-order valence-electron chi connectivity index (χ1n) is 5.54. The van der Waals surface area contributed by atoms with E-state index in [1.165, 1.54) is 0 Å². The maximum absolute atomic E-state index is 11.6. The second kappa shape index (κ2) is 5.15. The number of hydrogen-bond donors (Lipinski definition) is 1. The number of carbonyl (C=O) groups excluding carboxylic acids is 1. The number of rotatable bonds is 4. The molecule has 2 rings (SSSR count). The summed E-state index contributed by atoms with van der Waals surface area (Å²) in [5.74, 6) is 0.640. The lowest BCUT2D eigenvalue weighted by Crippen LogP contribution is -2.13. The summed E-state index contributed by atoms with van der Waals surface area (Å²) in [6.45, 7) is 2.35. The molecule has 5 heteroatoms. The molecule has 1 N–H and O–H groups in total. The summed E-state index contributed by atoms with van der Waals surface area (Å²) in [6, 6.07) is 3.30. The Morgan fingerprint density at radius 3 is 2.47 bits per heavy atom. The van der Waals surface area contributed by atoms with Gasteiger partial charge in [0, 0.05) is 11.6 Å². The van der Waals surface area contributed by atoms with Gasteiger partial charge in [0.1, 0.15) is 0 Å². The zero-order valence-electron chi connectivity index (χ0n) is 9.43. The van der Waals surface area contributed by atoms with Crippen LogP contribution < -0.4 is 10.1 Å². The van der Waals surface area contributed by atoms with E-state index in [0.29, 0.717) is 28.1 Å². The van der Waals surface area contributed by atoms with E-state index < -0.39 is 0 Å². The van der Waals surface area contributed by atoms with Crippen molar-refractivity contribution in [3.63, 3.8) is 0 Å². The summed E-state index contributed by atoms with van der Waals surface area (Å²) in [6.07, 6.45) is 1.93. The Balaban J connectivity index is 2.15. The number of ether oxygens (including phenoxy) is 1. The van der Waals surface area contributed by atoms with E-state index in [1.54, 1.807) is 12.1 Å². The topological polar surface area (TPSA) is 38.3 Å². The first-order valence-corrected chi connectivity index (χ1v) is 6.30. The van der Waals surface area contributed by atoms with E-state index in [1.807, 2.05) is 6.92 Å². The van der Waals surface area contributed by atoms with Crippen LogP contribution in [0.5, 0.6) is 5.75 Å². The number of anilines is 1. The molecule has 1 aliphatic carbocycles. The Bertz CT molecular complexity index is 421. The molecule has 0 aromatic heterocycles. The standard InChI is InChI=1S/C12H13Cl2NO2/c1-2-17-11-9(13)5-8(6-10(11)14)15-12(16)7-3-4-7/h5-7H,2-4H2,1H3,(H,15,16). The van der Waals surface area contributed by atoms with Crippen LogP contribution in [0.15, 0.2) is 12.1 Å². The summed E-state index contributed by atoms with van der Waals surface area (Å²) in [5, 5.41) is 3.61. The Labute approximate surface area is 110 Å². The van der Waals surface area contributed by atoms with Crippen molar-refractivity contribution in [3.05, 3.63) is 22.2 Å². The van der Waals surface area contributed by atoms with Crippen LogP contribution in [-0.4, -0.2) is 12.5 Å². The van der Waals surface area contributed by atoms with Gasteiger partial charge in [0.05, 0.1) is 16.7 Å². The molecule has 1 aromatic rings. The number of amides is 1. The first kappa shape index (κ1) is 12.5. The number of nitrogens with one attached hydrogen (secondary N) is 1. The van der Waals surface area contributed by atoms with Gasteiger partial charge in [-0.2, -0.15) is 0 Å². The van der Waals surface area contributed by atoms with Crippen LogP contribution in [0.25, 0.3) is 0 Å². The smallest absolute Gasteiger partial charge is 0.227 e. The zero-order chi connectivity index (χ0) is 12.4. The van der Waals surface area contributed by atoms with Gasteiger partial charge < -0.3 is 10.1 Å². The van der Waals surface area contributed by atoms with Gasteiger partial charge in [0.25, 0.3) is 0 Å². The first-order chi connectivity index (χ1) is 8.11. The number of halogens is 2. The number of hydrogen-bond acceptors (Lipinski definition) is 2. The molecule has 0 unspecified atom stereocenters. The molecule has 0 heterocycles. The highest BCUT2D eigenvalue weighted by molar-refractivity contribution is 6.37. The fourth-order valence-corrected chi connectivity index (χ4v) is 2.10. The van der Waals surface area contributed by atoms with Gasteiger partial charge >= 0.3 is 0 Å². The lowest BCUT2D eigenvalue weighted by molar-refractivity contribution is -0.117. The van der Waals surface area contributed by atoms with Crippen LogP contribution in [0, 0.1) is 5.92 Å². The lowest BCUT2D eigenvalue weighted by Gasteiger charge is -2.11. The minimum atomic E-state index is 0.0290. The second-order valence-electron chi connectivity index (χ2n) is 3.97. The number of carbonyl (C=O) groups is 1. The Morgan fingerprint density at radius 1 is 1.41 bits per heavy atom. The Hall–Kier alpha value is -0.930. The average Bonchev–Trinajstić information content (AvgIpc) is 3.07. The third-order valence-corrected chi connectivity index (χ3v) is 3.06. The van der Waals surface area contributed by atoms with Crippen LogP contribution in [0.1, 0.15) is 19.8 Å². The van der Waals surface area contributed by atoms with Crippen molar-refractivity contribution in [2.75, 3.05) is 11.9 Å². The highest BCUT2D eigenvalue weighted by atomic mass is 35.5. The quantitative estimate of drug-likeness (QED) is 0.908. The van der Waals surface area contributed by atoms with Crippen molar-refractivity contribution in [2.45, 2.75) is 19.8 Å². The van der Waals surface area contributed by atoms with Crippen molar-refractivity contribution >= 4 is 34.8 Å². The maximum atomic E-state index is 11.6. The molecular formula is C12H13Cl2NO2. The van der Waals surface area contributed by atoms with Crippen LogP contribution >= 0.6 is 23.2 Å².